The van der Waals surface area contributed by atoms with E-state index in [2.05, 4.69) is 59.4 Å². The van der Waals surface area contributed by atoms with Gasteiger partial charge in [0.2, 0.25) is 0 Å². The SMILES string of the molecule is O=C(c1cc(Br)ccc1I)N1C2CCC1CC(Br)C2. The summed E-state index contributed by atoms with van der Waals surface area (Å²) in [5.74, 6) is 0.206. The molecule has 2 unspecified atom stereocenters. The van der Waals surface area contributed by atoms with Gasteiger partial charge in [0, 0.05) is 25.0 Å². The number of carbonyl (C=O) groups excluding carboxylic acids is 1. The van der Waals surface area contributed by atoms with Gasteiger partial charge >= 0.3 is 0 Å². The summed E-state index contributed by atoms with van der Waals surface area (Å²) in [7, 11) is 0. The van der Waals surface area contributed by atoms with E-state index in [1.807, 2.05) is 18.2 Å². The number of rotatable bonds is 1. The van der Waals surface area contributed by atoms with E-state index in [0.29, 0.717) is 16.9 Å². The number of hydrogen-bond acceptors (Lipinski definition) is 1. The molecule has 0 spiro atoms. The van der Waals surface area contributed by atoms with Gasteiger partial charge in [0.1, 0.15) is 0 Å². The lowest BCUT2D eigenvalue weighted by atomic mass is 10.0. The third-order valence-electron chi connectivity index (χ3n) is 4.07. The first-order valence-electron chi connectivity index (χ1n) is 6.48. The van der Waals surface area contributed by atoms with Crippen LogP contribution in [-0.4, -0.2) is 27.7 Å². The molecular weight excluding hydrogens is 485 g/mol. The van der Waals surface area contributed by atoms with Gasteiger partial charge in [-0.1, -0.05) is 31.9 Å². The second kappa shape index (κ2) is 5.64. The highest BCUT2D eigenvalue weighted by Gasteiger charge is 2.43. The summed E-state index contributed by atoms with van der Waals surface area (Å²) in [6.45, 7) is 0. The smallest absolute Gasteiger partial charge is 0.255 e. The average Bonchev–Trinajstić information content (AvgIpc) is 2.64. The van der Waals surface area contributed by atoms with Gasteiger partial charge in [-0.3, -0.25) is 4.79 Å². The van der Waals surface area contributed by atoms with Crippen molar-refractivity contribution in [3.63, 3.8) is 0 Å². The van der Waals surface area contributed by atoms with Crippen molar-refractivity contribution in [1.82, 2.24) is 4.90 Å². The number of carbonyl (C=O) groups is 1. The summed E-state index contributed by atoms with van der Waals surface area (Å²) in [4.78, 5) is 15.5. The fourth-order valence-electron chi connectivity index (χ4n) is 3.24. The van der Waals surface area contributed by atoms with Gasteiger partial charge in [0.15, 0.2) is 0 Å². The monoisotopic (exact) mass is 497 g/mol. The van der Waals surface area contributed by atoms with Crippen molar-refractivity contribution >= 4 is 60.4 Å². The number of amides is 1. The molecule has 2 aliphatic rings. The van der Waals surface area contributed by atoms with Crippen LogP contribution in [0.3, 0.4) is 0 Å². The Labute approximate surface area is 143 Å². The zero-order chi connectivity index (χ0) is 13.6. The van der Waals surface area contributed by atoms with Crippen LogP contribution in [0.1, 0.15) is 36.0 Å². The van der Waals surface area contributed by atoms with Crippen molar-refractivity contribution in [1.29, 1.82) is 0 Å². The minimum absolute atomic E-state index is 0.206. The maximum absolute atomic E-state index is 12.8. The molecule has 3 rings (SSSR count). The zero-order valence-corrected chi connectivity index (χ0v) is 15.6. The molecule has 1 aromatic carbocycles. The van der Waals surface area contributed by atoms with Gasteiger partial charge in [-0.05, 0) is 66.5 Å². The molecule has 2 saturated heterocycles. The Bertz CT molecular complexity index is 508. The highest BCUT2D eigenvalue weighted by Crippen LogP contribution is 2.39. The Morgan fingerprint density at radius 1 is 1.26 bits per heavy atom. The molecule has 0 aromatic heterocycles. The predicted octanol–water partition coefficient (Wildman–Crippen LogP) is 4.58. The van der Waals surface area contributed by atoms with E-state index < -0.39 is 0 Å². The summed E-state index contributed by atoms with van der Waals surface area (Å²) in [5, 5.41) is 0. The third kappa shape index (κ3) is 2.75. The Morgan fingerprint density at radius 3 is 2.53 bits per heavy atom. The fraction of sp³-hybridized carbons (Fsp3) is 0.500. The minimum Gasteiger partial charge on any atom is -0.333 e. The van der Waals surface area contributed by atoms with Gasteiger partial charge in [0.25, 0.3) is 5.91 Å². The molecule has 5 heteroatoms. The van der Waals surface area contributed by atoms with Crippen molar-refractivity contribution in [3.8, 4) is 0 Å². The van der Waals surface area contributed by atoms with E-state index in [1.54, 1.807) is 0 Å². The van der Waals surface area contributed by atoms with Crippen LogP contribution in [0.25, 0.3) is 0 Å². The van der Waals surface area contributed by atoms with E-state index >= 15 is 0 Å². The number of benzene rings is 1. The van der Waals surface area contributed by atoms with E-state index in [-0.39, 0.29) is 5.91 Å². The zero-order valence-electron chi connectivity index (χ0n) is 10.3. The summed E-state index contributed by atoms with van der Waals surface area (Å²) in [6, 6.07) is 6.77. The van der Waals surface area contributed by atoms with Crippen molar-refractivity contribution in [2.75, 3.05) is 0 Å². The lowest BCUT2D eigenvalue weighted by Crippen LogP contribution is -2.47. The molecule has 102 valence electrons. The maximum Gasteiger partial charge on any atom is 0.255 e. The quantitative estimate of drug-likeness (QED) is 0.410. The van der Waals surface area contributed by atoms with Crippen molar-refractivity contribution in [2.24, 2.45) is 0 Å². The normalized spacial score (nSPS) is 29.6. The number of fused-ring (bicyclic) bond motifs is 2. The van der Waals surface area contributed by atoms with E-state index in [4.69, 9.17) is 0 Å². The summed E-state index contributed by atoms with van der Waals surface area (Å²) >= 11 is 9.43. The van der Waals surface area contributed by atoms with Crippen LogP contribution in [0.5, 0.6) is 0 Å². The molecule has 2 fully saturated rings. The highest BCUT2D eigenvalue weighted by atomic mass is 127. The van der Waals surface area contributed by atoms with Gasteiger partial charge < -0.3 is 4.90 Å². The second-order valence-electron chi connectivity index (χ2n) is 5.29. The fourth-order valence-corrected chi connectivity index (χ4v) is 5.03. The van der Waals surface area contributed by atoms with Crippen LogP contribution in [0.4, 0.5) is 0 Å². The topological polar surface area (TPSA) is 20.3 Å². The number of halogens is 3. The summed E-state index contributed by atoms with van der Waals surface area (Å²) in [5.41, 5.74) is 0.833. The standard InChI is InChI=1S/C14H14Br2INO/c15-8-1-4-13(17)12(7-8)14(19)18-10-2-3-11(18)6-9(16)5-10/h1,4,7,9-11H,2-3,5-6H2. The lowest BCUT2D eigenvalue weighted by Gasteiger charge is -2.37. The van der Waals surface area contributed by atoms with Gasteiger partial charge in [-0.2, -0.15) is 0 Å². The van der Waals surface area contributed by atoms with Crippen molar-refractivity contribution < 1.29 is 4.79 Å². The number of alkyl halides is 1. The highest BCUT2D eigenvalue weighted by molar-refractivity contribution is 14.1. The van der Waals surface area contributed by atoms with Gasteiger partial charge in [0.05, 0.1) is 5.56 Å². The predicted molar refractivity (Wildman–Crippen MR) is 91.8 cm³/mol. The molecule has 2 aliphatic heterocycles. The van der Waals surface area contributed by atoms with Gasteiger partial charge in [-0.25, -0.2) is 0 Å². The van der Waals surface area contributed by atoms with Crippen LogP contribution in [-0.2, 0) is 0 Å². The minimum atomic E-state index is 0.206. The number of piperidine rings is 1. The van der Waals surface area contributed by atoms with Crippen LogP contribution < -0.4 is 0 Å². The van der Waals surface area contributed by atoms with Crippen LogP contribution in [0.2, 0.25) is 0 Å². The average molecular weight is 499 g/mol. The molecule has 0 aliphatic carbocycles. The molecular formula is C14H14Br2INO. The molecule has 0 N–H and O–H groups in total. The summed E-state index contributed by atoms with van der Waals surface area (Å²) < 4.78 is 2.00. The first-order chi connectivity index (χ1) is 9.06. The van der Waals surface area contributed by atoms with Gasteiger partial charge in [-0.15, -0.1) is 0 Å². The number of nitrogens with zero attached hydrogens (tertiary/aromatic N) is 1. The van der Waals surface area contributed by atoms with E-state index in [1.165, 1.54) is 0 Å². The first-order valence-corrected chi connectivity index (χ1v) is 9.27. The van der Waals surface area contributed by atoms with Crippen molar-refractivity contribution in [3.05, 3.63) is 31.8 Å². The van der Waals surface area contributed by atoms with Crippen LogP contribution in [0, 0.1) is 3.57 Å². The third-order valence-corrected chi connectivity index (χ3v) is 6.25. The Hall–Kier alpha value is 0.380. The maximum atomic E-state index is 12.8. The molecule has 19 heavy (non-hydrogen) atoms. The first kappa shape index (κ1) is 14.3. The molecule has 1 amide bonds. The molecule has 1 aromatic rings. The van der Waals surface area contributed by atoms with Crippen LogP contribution >= 0.6 is 54.5 Å². The molecule has 0 saturated carbocycles. The Kier molecular flexibility index (Phi) is 4.25. The Balaban J connectivity index is 1.90. The Morgan fingerprint density at radius 2 is 1.89 bits per heavy atom. The largest absolute Gasteiger partial charge is 0.333 e. The van der Waals surface area contributed by atoms with E-state index in [0.717, 1.165) is 39.3 Å². The second-order valence-corrected chi connectivity index (χ2v) is 8.66. The lowest BCUT2D eigenvalue weighted by molar-refractivity contribution is 0.0602. The van der Waals surface area contributed by atoms with Crippen molar-refractivity contribution in [2.45, 2.75) is 42.6 Å². The molecule has 2 atom stereocenters. The summed E-state index contributed by atoms with van der Waals surface area (Å²) in [6.07, 6.45) is 4.49. The molecule has 0 radical (unpaired) electrons. The van der Waals surface area contributed by atoms with Crippen LogP contribution in [0.15, 0.2) is 22.7 Å². The van der Waals surface area contributed by atoms with E-state index in [9.17, 15) is 4.79 Å². The molecule has 2 nitrogen and oxygen atoms in total. The molecule has 2 bridgehead atoms. The molecule has 2 heterocycles. The number of hydrogen-bond donors (Lipinski definition) is 0.